The van der Waals surface area contributed by atoms with Crippen LogP contribution in [0.15, 0.2) is 37.6 Å². The Morgan fingerprint density at radius 2 is 1.82 bits per heavy atom. The Kier molecular flexibility index (Phi) is 8.16. The minimum Gasteiger partial charge on any atom is -0.481 e. The first kappa shape index (κ1) is 24.8. The molecule has 2 heterocycles. The van der Waals surface area contributed by atoms with Crippen LogP contribution in [0.5, 0.6) is 0 Å². The summed E-state index contributed by atoms with van der Waals surface area (Å²) < 4.78 is 0. The van der Waals surface area contributed by atoms with Crippen LogP contribution in [0.2, 0.25) is 0 Å². The van der Waals surface area contributed by atoms with Crippen LogP contribution in [0, 0.1) is 13.8 Å². The molecular formula is C21H22N2O8S2. The van der Waals surface area contributed by atoms with Gasteiger partial charge in [0.2, 0.25) is 6.61 Å². The zero-order valence-electron chi connectivity index (χ0n) is 17.9. The van der Waals surface area contributed by atoms with Crippen LogP contribution < -0.4 is 0 Å². The fourth-order valence-electron chi connectivity index (χ4n) is 3.05. The molecule has 33 heavy (non-hydrogen) atoms. The number of hydroxylamine groups is 2. The molecular weight excluding hydrogens is 472 g/mol. The SMILES string of the molecule is Cc1cc2c(cc1C)SC(CO)/C(=C(/C=N/OCC(=O)ON1C(=O)CCC1=O)CC(=O)O)S2. The van der Waals surface area contributed by atoms with E-state index in [1.165, 1.54) is 29.7 Å². The maximum atomic E-state index is 11.8. The average molecular weight is 495 g/mol. The second-order valence-corrected chi connectivity index (χ2v) is 9.62. The van der Waals surface area contributed by atoms with Gasteiger partial charge in [0.05, 0.1) is 24.5 Å². The van der Waals surface area contributed by atoms with E-state index in [2.05, 4.69) is 9.99 Å². The van der Waals surface area contributed by atoms with Gasteiger partial charge >= 0.3 is 11.9 Å². The maximum absolute atomic E-state index is 11.8. The zero-order chi connectivity index (χ0) is 24.1. The number of carboxylic acids is 1. The van der Waals surface area contributed by atoms with Gasteiger partial charge in [-0.15, -0.1) is 16.8 Å². The number of carbonyl (C=O) groups is 4. The summed E-state index contributed by atoms with van der Waals surface area (Å²) in [5, 5.41) is 22.9. The van der Waals surface area contributed by atoms with Crippen molar-refractivity contribution in [1.82, 2.24) is 5.06 Å². The lowest BCUT2D eigenvalue weighted by Gasteiger charge is -2.27. The Morgan fingerprint density at radius 1 is 1.18 bits per heavy atom. The highest BCUT2D eigenvalue weighted by molar-refractivity contribution is 8.08. The number of benzene rings is 1. The van der Waals surface area contributed by atoms with Gasteiger partial charge in [-0.2, -0.15) is 0 Å². The molecule has 1 aromatic rings. The molecule has 10 nitrogen and oxygen atoms in total. The summed E-state index contributed by atoms with van der Waals surface area (Å²) in [6, 6.07) is 4.05. The monoisotopic (exact) mass is 494 g/mol. The predicted molar refractivity (Wildman–Crippen MR) is 119 cm³/mol. The number of oxime groups is 1. The van der Waals surface area contributed by atoms with Crippen molar-refractivity contribution in [3.63, 3.8) is 0 Å². The molecule has 1 atom stereocenters. The highest BCUT2D eigenvalue weighted by Gasteiger charge is 2.33. The van der Waals surface area contributed by atoms with Crippen molar-refractivity contribution in [3.05, 3.63) is 33.7 Å². The Bertz CT molecular complexity index is 1040. The number of rotatable bonds is 8. The molecule has 1 saturated heterocycles. The number of imide groups is 1. The molecule has 1 fully saturated rings. The highest BCUT2D eigenvalue weighted by atomic mass is 32.2. The number of nitrogens with zero attached hydrogens (tertiary/aromatic N) is 2. The normalized spacial score (nSPS) is 19.6. The van der Waals surface area contributed by atoms with E-state index in [0.717, 1.165) is 20.9 Å². The summed E-state index contributed by atoms with van der Waals surface area (Å²) in [6.45, 7) is 3.09. The molecule has 0 aromatic heterocycles. The molecule has 1 aromatic carbocycles. The maximum Gasteiger partial charge on any atom is 0.373 e. The van der Waals surface area contributed by atoms with Gasteiger partial charge in [0, 0.05) is 27.5 Å². The number of thioether (sulfide) groups is 2. The third-order valence-corrected chi connectivity index (χ3v) is 7.69. The second-order valence-electron chi connectivity index (χ2n) is 7.29. The van der Waals surface area contributed by atoms with Crippen LogP contribution in [0.1, 0.15) is 30.4 Å². The Hall–Kier alpha value is -2.83. The number of aliphatic carboxylic acids is 1. The first-order valence-corrected chi connectivity index (χ1v) is 11.6. The van der Waals surface area contributed by atoms with E-state index in [9.17, 15) is 29.4 Å². The van der Waals surface area contributed by atoms with E-state index in [-0.39, 0.29) is 31.1 Å². The third-order valence-electron chi connectivity index (χ3n) is 4.83. The number of hydrogen-bond acceptors (Lipinski definition) is 10. The Balaban J connectivity index is 1.73. The minimum absolute atomic E-state index is 0.0266. The number of aliphatic hydroxyl groups excluding tert-OH is 1. The van der Waals surface area contributed by atoms with Gasteiger partial charge in [0.15, 0.2) is 0 Å². The van der Waals surface area contributed by atoms with Gasteiger partial charge in [-0.25, -0.2) is 4.79 Å². The fourth-order valence-corrected chi connectivity index (χ4v) is 5.77. The van der Waals surface area contributed by atoms with Crippen LogP contribution in [0.4, 0.5) is 0 Å². The minimum atomic E-state index is -1.09. The lowest BCUT2D eigenvalue weighted by Crippen LogP contribution is -2.33. The van der Waals surface area contributed by atoms with Crippen molar-refractivity contribution in [3.8, 4) is 0 Å². The van der Waals surface area contributed by atoms with Crippen LogP contribution >= 0.6 is 23.5 Å². The van der Waals surface area contributed by atoms with Crippen LogP contribution in [0.3, 0.4) is 0 Å². The van der Waals surface area contributed by atoms with Crippen LogP contribution in [-0.4, -0.2) is 63.7 Å². The quantitative estimate of drug-likeness (QED) is 0.314. The topological polar surface area (TPSA) is 143 Å². The fraction of sp³-hybridized carbons (Fsp3) is 0.381. The molecule has 0 radical (unpaired) electrons. The zero-order valence-corrected chi connectivity index (χ0v) is 19.5. The van der Waals surface area contributed by atoms with E-state index < -0.39 is 30.4 Å². The molecule has 2 aliphatic heterocycles. The van der Waals surface area contributed by atoms with Gasteiger partial charge in [0.1, 0.15) is 0 Å². The molecule has 2 N–H and O–H groups in total. The van der Waals surface area contributed by atoms with E-state index in [0.29, 0.717) is 15.5 Å². The Morgan fingerprint density at radius 3 is 2.42 bits per heavy atom. The molecule has 0 spiro atoms. The van der Waals surface area contributed by atoms with Gasteiger partial charge in [-0.3, -0.25) is 14.4 Å². The van der Waals surface area contributed by atoms with Crippen molar-refractivity contribution >= 4 is 53.5 Å². The molecule has 0 saturated carbocycles. The molecule has 0 bridgehead atoms. The number of carboxylic acid groups (broad SMARTS) is 1. The molecule has 0 aliphatic carbocycles. The summed E-state index contributed by atoms with van der Waals surface area (Å²) in [7, 11) is 0. The number of hydrogen-bond donors (Lipinski definition) is 2. The van der Waals surface area contributed by atoms with Gasteiger partial charge in [-0.05, 0) is 42.7 Å². The van der Waals surface area contributed by atoms with E-state index in [4.69, 9.17) is 4.84 Å². The summed E-state index contributed by atoms with van der Waals surface area (Å²) in [4.78, 5) is 58.3. The molecule has 1 unspecified atom stereocenters. The van der Waals surface area contributed by atoms with Crippen molar-refractivity contribution in [2.75, 3.05) is 13.2 Å². The second kappa shape index (κ2) is 10.9. The summed E-state index contributed by atoms with van der Waals surface area (Å²) >= 11 is 2.80. The first-order chi connectivity index (χ1) is 15.7. The third kappa shape index (κ3) is 6.15. The van der Waals surface area contributed by atoms with Crippen LogP contribution in [0.25, 0.3) is 0 Å². The van der Waals surface area contributed by atoms with Crippen molar-refractivity contribution in [2.24, 2.45) is 5.16 Å². The van der Waals surface area contributed by atoms with Crippen LogP contribution in [-0.2, 0) is 28.9 Å². The average Bonchev–Trinajstić information content (AvgIpc) is 3.07. The number of carbonyl (C=O) groups excluding carboxylic acids is 3. The molecule has 2 aliphatic rings. The van der Waals surface area contributed by atoms with Crippen molar-refractivity contribution in [2.45, 2.75) is 48.2 Å². The smallest absolute Gasteiger partial charge is 0.373 e. The van der Waals surface area contributed by atoms with Crippen molar-refractivity contribution in [1.29, 1.82) is 0 Å². The lowest BCUT2D eigenvalue weighted by molar-refractivity contribution is -0.200. The van der Waals surface area contributed by atoms with Gasteiger partial charge in [0.25, 0.3) is 11.8 Å². The first-order valence-electron chi connectivity index (χ1n) is 9.93. The van der Waals surface area contributed by atoms with E-state index in [1.807, 2.05) is 26.0 Å². The number of fused-ring (bicyclic) bond motifs is 1. The summed E-state index contributed by atoms with van der Waals surface area (Å²) in [5.74, 6) is -3.32. The number of aliphatic hydroxyl groups is 1. The highest BCUT2D eigenvalue weighted by Crippen LogP contribution is 2.49. The van der Waals surface area contributed by atoms with E-state index in [1.54, 1.807) is 0 Å². The number of aryl methyl sites for hydroxylation is 2. The van der Waals surface area contributed by atoms with Gasteiger partial charge < -0.3 is 19.9 Å². The predicted octanol–water partition coefficient (Wildman–Crippen LogP) is 2.20. The Labute approximate surface area is 197 Å². The lowest BCUT2D eigenvalue weighted by atomic mass is 10.1. The molecule has 12 heteroatoms. The van der Waals surface area contributed by atoms with Gasteiger partial charge in [-0.1, -0.05) is 16.9 Å². The van der Waals surface area contributed by atoms with Crippen molar-refractivity contribution < 1.29 is 39.1 Å². The molecule has 3 rings (SSSR count). The molecule has 2 amide bonds. The standard InChI is InChI=1S/C21H22N2O8S2/c1-11-5-14-15(6-12(11)2)33-21(16(9-24)32-14)13(7-19(27)28)8-22-30-10-20(29)31-23-17(25)3-4-18(23)26/h5-6,8,16,24H,3-4,7,9-10H2,1-2H3,(H,27,28)/b21-13-,22-8+. The molecule has 176 valence electrons. The number of amides is 2. The van der Waals surface area contributed by atoms with E-state index >= 15 is 0 Å². The summed E-state index contributed by atoms with van der Waals surface area (Å²) in [6.07, 6.45) is 0.765. The summed E-state index contributed by atoms with van der Waals surface area (Å²) in [5.41, 5.74) is 2.53. The largest absolute Gasteiger partial charge is 0.481 e.